The van der Waals surface area contributed by atoms with E-state index in [9.17, 15) is 0 Å². The normalized spacial score (nSPS) is 13.0. The zero-order chi connectivity index (χ0) is 37.4. The molecule has 3 heterocycles. The highest BCUT2D eigenvalue weighted by Crippen LogP contribution is 2.40. The summed E-state index contributed by atoms with van der Waals surface area (Å²) in [4.78, 5) is 14.9. The summed E-state index contributed by atoms with van der Waals surface area (Å²) in [6.45, 7) is 0. The maximum Gasteiger partial charge on any atom is 0.164 e. The van der Waals surface area contributed by atoms with Crippen molar-refractivity contribution in [1.82, 2.24) is 19.5 Å². The van der Waals surface area contributed by atoms with Crippen LogP contribution in [0.3, 0.4) is 0 Å². The summed E-state index contributed by atoms with van der Waals surface area (Å²) in [7, 11) is 0. The lowest BCUT2D eigenvalue weighted by molar-refractivity contribution is 0.669. The van der Waals surface area contributed by atoms with Gasteiger partial charge in [0.15, 0.2) is 17.5 Å². The van der Waals surface area contributed by atoms with Gasteiger partial charge in [-0.15, -0.1) is 0 Å². The summed E-state index contributed by atoms with van der Waals surface area (Å²) in [6.07, 6.45) is 0. The van der Waals surface area contributed by atoms with Crippen molar-refractivity contribution in [1.29, 1.82) is 0 Å². The Kier molecular flexibility index (Phi) is 5.35. The summed E-state index contributed by atoms with van der Waals surface area (Å²) in [5.74, 6) is 1.29. The zero-order valence-electron chi connectivity index (χ0n) is 31.5. The van der Waals surface area contributed by atoms with E-state index in [1.807, 2.05) is 60.7 Å². The highest BCUT2D eigenvalue weighted by atomic mass is 16.3. The van der Waals surface area contributed by atoms with Crippen LogP contribution in [0.25, 0.3) is 94.7 Å². The highest BCUT2D eigenvalue weighted by molar-refractivity contribution is 6.14. The number of rotatable bonds is 5. The molecule has 5 nitrogen and oxygen atoms in total. The predicted octanol–water partition coefficient (Wildman–Crippen LogP) is 11.5. The van der Waals surface area contributed by atoms with E-state index in [1.165, 1.54) is 10.8 Å². The number of nitrogens with zero attached hydrogens (tertiary/aromatic N) is 4. The number of hydrogen-bond acceptors (Lipinski definition) is 4. The van der Waals surface area contributed by atoms with Gasteiger partial charge >= 0.3 is 0 Å². The number of benzene rings is 7. The van der Waals surface area contributed by atoms with Crippen LogP contribution in [0.2, 0.25) is 0 Å². The first kappa shape index (κ1) is 23.5. The zero-order valence-corrected chi connectivity index (χ0v) is 26.5. The Balaban J connectivity index is 1.18. The molecule has 10 rings (SSSR count). The molecule has 0 unspecified atom stereocenters. The van der Waals surface area contributed by atoms with E-state index in [4.69, 9.17) is 26.2 Å². The van der Waals surface area contributed by atoms with Crippen LogP contribution in [0.15, 0.2) is 174 Å². The second kappa shape index (κ2) is 11.4. The standard InChI is InChI=1S/C45H28N4O/c1-3-13-29(14-4-1)31-17-11-18-32(27-31)44-46-43(30-15-5-2-6-16-30)47-45(48-44)33-25-26-40-36(28-33)42-39(23-12-24-41(42)50-40)49-37-21-9-7-19-34(37)35-20-8-10-22-38(35)49/h1-28H/i1D,3D,4D,13D,14D. The van der Waals surface area contributed by atoms with Crippen LogP contribution in [-0.2, 0) is 0 Å². The van der Waals surface area contributed by atoms with Crippen molar-refractivity contribution in [2.75, 3.05) is 0 Å². The first-order valence-corrected chi connectivity index (χ1v) is 16.3. The van der Waals surface area contributed by atoms with Crippen LogP contribution < -0.4 is 0 Å². The molecule has 0 aliphatic carbocycles. The van der Waals surface area contributed by atoms with Crippen molar-refractivity contribution in [3.63, 3.8) is 0 Å². The van der Waals surface area contributed by atoms with E-state index in [0.717, 1.165) is 49.8 Å². The van der Waals surface area contributed by atoms with Gasteiger partial charge in [-0.2, -0.15) is 0 Å². The van der Waals surface area contributed by atoms with E-state index < -0.39 is 18.1 Å². The lowest BCUT2D eigenvalue weighted by atomic mass is 10.0. The average molecular weight is 646 g/mol. The molecule has 0 bridgehead atoms. The number of para-hydroxylation sites is 2. The molecule has 3 aromatic heterocycles. The third-order valence-electron chi connectivity index (χ3n) is 9.13. The summed E-state index contributed by atoms with van der Waals surface area (Å²) in [5, 5.41) is 4.22. The lowest BCUT2D eigenvalue weighted by Gasteiger charge is -2.11. The van der Waals surface area contributed by atoms with Crippen LogP contribution in [-0.4, -0.2) is 19.5 Å². The van der Waals surface area contributed by atoms with Crippen LogP contribution >= 0.6 is 0 Å². The summed E-state index contributed by atoms with van der Waals surface area (Å²) < 4.78 is 50.4. The Morgan fingerprint density at radius 3 is 1.78 bits per heavy atom. The largest absolute Gasteiger partial charge is 0.456 e. The van der Waals surface area contributed by atoms with E-state index in [1.54, 1.807) is 18.2 Å². The van der Waals surface area contributed by atoms with Crippen LogP contribution in [0.1, 0.15) is 6.85 Å². The Morgan fingerprint density at radius 2 is 1.04 bits per heavy atom. The SMILES string of the molecule is [2H]c1c([2H])c([2H])c(-c2cccc(-c3nc(-c4ccccc4)nc(-c4ccc5oc6cccc(-n7c8ccccc8c8ccccc87)c6c5c4)n3)c2)c([2H])c1[2H]. The van der Waals surface area contributed by atoms with Gasteiger partial charge in [-0.1, -0.05) is 121 Å². The van der Waals surface area contributed by atoms with Crippen LogP contribution in [0, 0.1) is 0 Å². The van der Waals surface area contributed by atoms with Crippen molar-refractivity contribution < 1.29 is 11.3 Å². The molecule has 0 N–H and O–H groups in total. The molecule has 0 spiro atoms. The number of aromatic nitrogens is 4. The minimum absolute atomic E-state index is 0.113. The molecule has 50 heavy (non-hydrogen) atoms. The molecular formula is C45H28N4O. The molecule has 7 aromatic carbocycles. The maximum absolute atomic E-state index is 8.57. The van der Waals surface area contributed by atoms with Gasteiger partial charge in [0.1, 0.15) is 11.2 Å². The maximum atomic E-state index is 8.57. The van der Waals surface area contributed by atoms with E-state index in [2.05, 4.69) is 65.2 Å². The first-order valence-electron chi connectivity index (χ1n) is 18.8. The molecule has 0 amide bonds. The van der Waals surface area contributed by atoms with Crippen LogP contribution in [0.4, 0.5) is 0 Å². The topological polar surface area (TPSA) is 56.7 Å². The summed E-state index contributed by atoms with van der Waals surface area (Å²) in [6, 6.07) is 44.0. The fourth-order valence-corrected chi connectivity index (χ4v) is 6.87. The predicted molar refractivity (Wildman–Crippen MR) is 203 cm³/mol. The molecule has 0 aliphatic rings. The molecule has 0 aliphatic heterocycles. The molecule has 0 atom stereocenters. The molecule has 0 saturated heterocycles. The van der Waals surface area contributed by atoms with Gasteiger partial charge in [-0.3, -0.25) is 0 Å². The van der Waals surface area contributed by atoms with Crippen LogP contribution in [0.5, 0.6) is 0 Å². The van der Waals surface area contributed by atoms with Gasteiger partial charge in [0.2, 0.25) is 0 Å². The quantitative estimate of drug-likeness (QED) is 0.187. The Bertz CT molecular complexity index is 3090. The van der Waals surface area contributed by atoms with Gasteiger partial charge in [0, 0.05) is 32.8 Å². The van der Waals surface area contributed by atoms with Crippen molar-refractivity contribution >= 4 is 43.7 Å². The van der Waals surface area contributed by atoms with Crippen molar-refractivity contribution in [2.24, 2.45) is 0 Å². The summed E-state index contributed by atoms with van der Waals surface area (Å²) >= 11 is 0. The fraction of sp³-hybridized carbons (Fsp3) is 0. The average Bonchev–Trinajstić information content (AvgIpc) is 3.78. The molecule has 0 saturated carbocycles. The van der Waals surface area contributed by atoms with Gasteiger partial charge in [0.05, 0.1) is 29.0 Å². The van der Waals surface area contributed by atoms with Gasteiger partial charge in [0.25, 0.3) is 0 Å². The molecule has 10 aromatic rings. The van der Waals surface area contributed by atoms with Gasteiger partial charge in [-0.05, 0) is 59.7 Å². The highest BCUT2D eigenvalue weighted by Gasteiger charge is 2.19. The molecule has 234 valence electrons. The Labute approximate surface area is 294 Å². The second-order valence-electron chi connectivity index (χ2n) is 12.1. The van der Waals surface area contributed by atoms with Crippen molar-refractivity contribution in [3.8, 4) is 51.0 Å². The minimum Gasteiger partial charge on any atom is -0.456 e. The lowest BCUT2D eigenvalue weighted by Crippen LogP contribution is -2.00. The smallest absolute Gasteiger partial charge is 0.164 e. The third kappa shape index (κ3) is 4.60. The number of hydrogen-bond donors (Lipinski definition) is 0. The van der Waals surface area contributed by atoms with E-state index >= 15 is 0 Å². The summed E-state index contributed by atoms with van der Waals surface area (Å²) in [5.41, 5.74) is 7.43. The van der Waals surface area contributed by atoms with Gasteiger partial charge < -0.3 is 8.98 Å². The minimum atomic E-state index is -0.436. The Hall–Kier alpha value is -6.85. The third-order valence-corrected chi connectivity index (χ3v) is 9.13. The van der Waals surface area contributed by atoms with Gasteiger partial charge in [-0.25, -0.2) is 15.0 Å². The van der Waals surface area contributed by atoms with Crippen molar-refractivity contribution in [3.05, 3.63) is 170 Å². The monoisotopic (exact) mass is 645 g/mol. The molecule has 0 radical (unpaired) electrons. The molecule has 0 fully saturated rings. The molecule has 5 heteroatoms. The van der Waals surface area contributed by atoms with E-state index in [0.29, 0.717) is 28.6 Å². The van der Waals surface area contributed by atoms with Crippen molar-refractivity contribution in [2.45, 2.75) is 0 Å². The second-order valence-corrected chi connectivity index (χ2v) is 12.1. The first-order chi connectivity index (χ1) is 26.9. The molecular weight excluding hydrogens is 613 g/mol. The Morgan fingerprint density at radius 1 is 0.440 bits per heavy atom. The number of furan rings is 1. The fourth-order valence-electron chi connectivity index (χ4n) is 6.87. The number of fused-ring (bicyclic) bond motifs is 6. The van der Waals surface area contributed by atoms with E-state index in [-0.39, 0.29) is 17.6 Å².